The van der Waals surface area contributed by atoms with E-state index in [-0.39, 0.29) is 6.10 Å². The van der Waals surface area contributed by atoms with E-state index >= 15 is 0 Å². The van der Waals surface area contributed by atoms with Crippen molar-refractivity contribution >= 4 is 0 Å². The summed E-state index contributed by atoms with van der Waals surface area (Å²) in [6.45, 7) is 0.352. The predicted molar refractivity (Wildman–Crippen MR) is 70.3 cm³/mol. The maximum absolute atomic E-state index is 10.2. The number of nitrogens with zero attached hydrogens (tertiary/aromatic N) is 1. The molecule has 2 heterocycles. The highest BCUT2D eigenvalue weighted by Gasteiger charge is 2.27. The fraction of sp³-hybridized carbons (Fsp3) is 0.267. The Morgan fingerprint density at radius 1 is 1.16 bits per heavy atom. The lowest BCUT2D eigenvalue weighted by atomic mass is 10.1. The van der Waals surface area contributed by atoms with Crippen LogP contribution in [0.4, 0.5) is 0 Å². The van der Waals surface area contributed by atoms with Crippen molar-refractivity contribution in [2.24, 2.45) is 0 Å². The minimum Gasteiger partial charge on any atom is -0.486 e. The van der Waals surface area contributed by atoms with E-state index in [9.17, 15) is 5.11 Å². The van der Waals surface area contributed by atoms with E-state index in [1.54, 1.807) is 6.20 Å². The molecule has 4 nitrogen and oxygen atoms in total. The first kappa shape index (κ1) is 12.0. The van der Waals surface area contributed by atoms with Crippen molar-refractivity contribution < 1.29 is 14.6 Å². The Bertz CT molecular complexity index is 544. The SMILES string of the molecule is OC(Cc1ccccn1)C1COc2ccccc2O1. The van der Waals surface area contributed by atoms with Crippen molar-refractivity contribution in [2.75, 3.05) is 6.61 Å². The summed E-state index contributed by atoms with van der Waals surface area (Å²) in [7, 11) is 0. The molecule has 0 saturated carbocycles. The molecule has 2 atom stereocenters. The molecule has 0 saturated heterocycles. The van der Waals surface area contributed by atoms with Crippen LogP contribution < -0.4 is 9.47 Å². The maximum Gasteiger partial charge on any atom is 0.161 e. The Kier molecular flexibility index (Phi) is 3.33. The molecule has 3 rings (SSSR count). The van der Waals surface area contributed by atoms with Gasteiger partial charge in [-0.2, -0.15) is 0 Å². The third-order valence-corrected chi connectivity index (χ3v) is 3.10. The summed E-state index contributed by atoms with van der Waals surface area (Å²) in [5.41, 5.74) is 0.845. The highest BCUT2D eigenvalue weighted by molar-refractivity contribution is 5.40. The van der Waals surface area contributed by atoms with E-state index in [4.69, 9.17) is 9.47 Å². The summed E-state index contributed by atoms with van der Waals surface area (Å²) < 4.78 is 11.4. The van der Waals surface area contributed by atoms with Gasteiger partial charge >= 0.3 is 0 Å². The van der Waals surface area contributed by atoms with Gasteiger partial charge in [-0.1, -0.05) is 18.2 Å². The van der Waals surface area contributed by atoms with Crippen LogP contribution in [0.3, 0.4) is 0 Å². The Balaban J connectivity index is 1.68. The number of benzene rings is 1. The Hall–Kier alpha value is -2.07. The van der Waals surface area contributed by atoms with E-state index in [0.717, 1.165) is 11.4 Å². The lowest BCUT2D eigenvalue weighted by molar-refractivity contribution is -0.00981. The van der Waals surface area contributed by atoms with Gasteiger partial charge in [-0.05, 0) is 24.3 Å². The molecular weight excluding hydrogens is 242 g/mol. The van der Waals surface area contributed by atoms with Gasteiger partial charge < -0.3 is 14.6 Å². The zero-order chi connectivity index (χ0) is 13.1. The van der Waals surface area contributed by atoms with E-state index < -0.39 is 6.10 Å². The quantitative estimate of drug-likeness (QED) is 0.911. The van der Waals surface area contributed by atoms with Crippen molar-refractivity contribution in [3.63, 3.8) is 0 Å². The molecule has 1 aliphatic heterocycles. The van der Waals surface area contributed by atoms with E-state index in [1.165, 1.54) is 0 Å². The number of ether oxygens (including phenoxy) is 2. The molecule has 0 fully saturated rings. The predicted octanol–water partition coefficient (Wildman–Crippen LogP) is 1.82. The average molecular weight is 257 g/mol. The number of pyridine rings is 1. The molecule has 2 unspecified atom stereocenters. The van der Waals surface area contributed by atoms with Crippen LogP contribution in [-0.2, 0) is 6.42 Å². The van der Waals surface area contributed by atoms with Crippen LogP contribution in [0.5, 0.6) is 11.5 Å². The van der Waals surface area contributed by atoms with E-state index in [0.29, 0.717) is 18.8 Å². The Morgan fingerprint density at radius 2 is 1.95 bits per heavy atom. The van der Waals surface area contributed by atoms with E-state index in [1.807, 2.05) is 42.5 Å². The molecule has 0 aliphatic carbocycles. The van der Waals surface area contributed by atoms with Crippen LogP contribution in [0.2, 0.25) is 0 Å². The fourth-order valence-electron chi connectivity index (χ4n) is 2.09. The van der Waals surface area contributed by atoms with Crippen molar-refractivity contribution in [2.45, 2.75) is 18.6 Å². The average Bonchev–Trinajstić information content (AvgIpc) is 2.48. The van der Waals surface area contributed by atoms with E-state index in [2.05, 4.69) is 4.98 Å². The van der Waals surface area contributed by atoms with Gasteiger partial charge in [0.25, 0.3) is 0 Å². The minimum absolute atomic E-state index is 0.352. The largest absolute Gasteiger partial charge is 0.486 e. The number of rotatable bonds is 3. The molecule has 1 aromatic heterocycles. The first-order valence-corrected chi connectivity index (χ1v) is 6.29. The number of para-hydroxylation sites is 2. The van der Waals surface area contributed by atoms with Crippen molar-refractivity contribution in [3.05, 3.63) is 54.4 Å². The second kappa shape index (κ2) is 5.28. The second-order valence-electron chi connectivity index (χ2n) is 4.51. The van der Waals surface area contributed by atoms with Gasteiger partial charge in [0.15, 0.2) is 17.6 Å². The summed E-state index contributed by atoms with van der Waals surface area (Å²) in [5, 5.41) is 10.2. The van der Waals surface area contributed by atoms with Crippen molar-refractivity contribution in [3.8, 4) is 11.5 Å². The van der Waals surface area contributed by atoms with Gasteiger partial charge in [0.1, 0.15) is 6.61 Å². The summed E-state index contributed by atoms with van der Waals surface area (Å²) in [6.07, 6.45) is 1.17. The molecule has 98 valence electrons. The number of fused-ring (bicyclic) bond motifs is 1. The van der Waals surface area contributed by atoms with Crippen LogP contribution in [0.1, 0.15) is 5.69 Å². The molecule has 1 aliphatic rings. The van der Waals surface area contributed by atoms with Crippen LogP contribution >= 0.6 is 0 Å². The van der Waals surface area contributed by atoms with Crippen molar-refractivity contribution in [1.29, 1.82) is 0 Å². The first-order chi connectivity index (χ1) is 9.33. The van der Waals surface area contributed by atoms with Gasteiger partial charge in [0, 0.05) is 18.3 Å². The zero-order valence-corrected chi connectivity index (χ0v) is 10.4. The summed E-state index contributed by atoms with van der Waals surface area (Å²) in [5.74, 6) is 1.41. The Labute approximate surface area is 111 Å². The van der Waals surface area contributed by atoms with Gasteiger partial charge in [-0.3, -0.25) is 4.98 Å². The number of aromatic nitrogens is 1. The summed E-state index contributed by atoms with van der Waals surface area (Å²) in [4.78, 5) is 4.20. The normalized spacial score (nSPS) is 18.9. The number of aliphatic hydroxyl groups excluding tert-OH is 1. The highest BCUT2D eigenvalue weighted by atomic mass is 16.6. The van der Waals surface area contributed by atoms with Gasteiger partial charge in [0.2, 0.25) is 0 Å². The maximum atomic E-state index is 10.2. The van der Waals surface area contributed by atoms with Crippen LogP contribution in [0, 0.1) is 0 Å². The number of aliphatic hydroxyl groups is 1. The monoisotopic (exact) mass is 257 g/mol. The Morgan fingerprint density at radius 3 is 2.74 bits per heavy atom. The van der Waals surface area contributed by atoms with Crippen LogP contribution in [0.15, 0.2) is 48.7 Å². The molecule has 0 radical (unpaired) electrons. The molecule has 1 aromatic carbocycles. The van der Waals surface area contributed by atoms with Crippen LogP contribution in [-0.4, -0.2) is 28.9 Å². The summed E-state index contributed by atoms with van der Waals surface area (Å²) >= 11 is 0. The molecular formula is C15H15NO3. The van der Waals surface area contributed by atoms with Gasteiger partial charge in [0.05, 0.1) is 6.10 Å². The van der Waals surface area contributed by atoms with Gasteiger partial charge in [-0.15, -0.1) is 0 Å². The van der Waals surface area contributed by atoms with Gasteiger partial charge in [-0.25, -0.2) is 0 Å². The second-order valence-corrected chi connectivity index (χ2v) is 4.51. The standard InChI is InChI=1S/C15H15NO3/c17-12(9-11-5-3-4-8-16-11)15-10-18-13-6-1-2-7-14(13)19-15/h1-8,12,15,17H,9-10H2. The third-order valence-electron chi connectivity index (χ3n) is 3.10. The number of hydrogen-bond donors (Lipinski definition) is 1. The molecule has 0 spiro atoms. The smallest absolute Gasteiger partial charge is 0.161 e. The van der Waals surface area contributed by atoms with Crippen LogP contribution in [0.25, 0.3) is 0 Å². The molecule has 19 heavy (non-hydrogen) atoms. The molecule has 2 aromatic rings. The van der Waals surface area contributed by atoms with Crippen molar-refractivity contribution in [1.82, 2.24) is 4.98 Å². The number of hydrogen-bond acceptors (Lipinski definition) is 4. The third kappa shape index (κ3) is 2.69. The molecule has 0 amide bonds. The lowest BCUT2D eigenvalue weighted by Gasteiger charge is -2.29. The topological polar surface area (TPSA) is 51.6 Å². The minimum atomic E-state index is -0.636. The fourth-order valence-corrected chi connectivity index (χ4v) is 2.09. The highest BCUT2D eigenvalue weighted by Crippen LogP contribution is 2.31. The lowest BCUT2D eigenvalue weighted by Crippen LogP contribution is -2.40. The molecule has 1 N–H and O–H groups in total. The summed E-state index contributed by atoms with van der Waals surface area (Å²) in [6, 6.07) is 13.1. The molecule has 0 bridgehead atoms. The molecule has 4 heteroatoms. The zero-order valence-electron chi connectivity index (χ0n) is 10.4. The first-order valence-electron chi connectivity index (χ1n) is 6.29.